The highest BCUT2D eigenvalue weighted by molar-refractivity contribution is 5.33. The molecule has 0 bridgehead atoms. The van der Waals surface area contributed by atoms with Crippen LogP contribution in [0.3, 0.4) is 0 Å². The molecule has 1 aliphatic rings. The predicted octanol–water partition coefficient (Wildman–Crippen LogP) is 1.78. The fourth-order valence-corrected chi connectivity index (χ4v) is 2.61. The Bertz CT molecular complexity index is 405. The summed E-state index contributed by atoms with van der Waals surface area (Å²) in [7, 11) is 3.18. The fraction of sp³-hybridized carbons (Fsp3) is 0.714. The van der Waals surface area contributed by atoms with Crippen LogP contribution >= 0.6 is 0 Å². The SMILES string of the molecule is CCN1CCCCC1CNc1nc(OC)cc(OC)n1. The second-order valence-corrected chi connectivity index (χ2v) is 4.94. The zero-order valence-electron chi connectivity index (χ0n) is 12.6. The Morgan fingerprint density at radius 2 is 1.95 bits per heavy atom. The van der Waals surface area contributed by atoms with Crippen molar-refractivity contribution in [2.45, 2.75) is 32.2 Å². The van der Waals surface area contributed by atoms with Crippen molar-refractivity contribution in [2.24, 2.45) is 0 Å². The summed E-state index contributed by atoms with van der Waals surface area (Å²) in [6.07, 6.45) is 3.82. The molecule has 6 heteroatoms. The minimum absolute atomic E-state index is 0.510. The van der Waals surface area contributed by atoms with Gasteiger partial charge in [-0.2, -0.15) is 9.97 Å². The van der Waals surface area contributed by atoms with Gasteiger partial charge < -0.3 is 14.8 Å². The number of nitrogens with zero attached hydrogens (tertiary/aromatic N) is 3. The van der Waals surface area contributed by atoms with Crippen molar-refractivity contribution in [3.63, 3.8) is 0 Å². The maximum atomic E-state index is 5.15. The zero-order chi connectivity index (χ0) is 14.4. The molecular weight excluding hydrogens is 256 g/mol. The molecule has 1 unspecified atom stereocenters. The van der Waals surface area contributed by atoms with Crippen LogP contribution in [-0.2, 0) is 0 Å². The van der Waals surface area contributed by atoms with Gasteiger partial charge >= 0.3 is 0 Å². The predicted molar refractivity (Wildman–Crippen MR) is 78.5 cm³/mol. The van der Waals surface area contributed by atoms with E-state index in [1.807, 2.05) is 0 Å². The Morgan fingerprint density at radius 3 is 2.55 bits per heavy atom. The standard InChI is InChI=1S/C14H24N4O2/c1-4-18-8-6-5-7-11(18)10-15-14-16-12(19-2)9-13(17-14)20-3/h9,11H,4-8,10H2,1-3H3,(H,15,16,17). The van der Waals surface area contributed by atoms with Crippen LogP contribution in [-0.4, -0.2) is 54.8 Å². The molecule has 0 saturated carbocycles. The molecule has 1 aliphatic heterocycles. The molecule has 2 rings (SSSR count). The van der Waals surface area contributed by atoms with Gasteiger partial charge in [-0.05, 0) is 25.9 Å². The summed E-state index contributed by atoms with van der Waals surface area (Å²) in [5.74, 6) is 1.58. The van der Waals surface area contributed by atoms with Crippen molar-refractivity contribution in [3.8, 4) is 11.8 Å². The van der Waals surface area contributed by atoms with Gasteiger partial charge in [0.15, 0.2) is 0 Å². The summed E-state index contributed by atoms with van der Waals surface area (Å²) in [6, 6.07) is 2.22. The van der Waals surface area contributed by atoms with E-state index in [4.69, 9.17) is 9.47 Å². The number of hydrogen-bond acceptors (Lipinski definition) is 6. The molecule has 1 atom stereocenters. The van der Waals surface area contributed by atoms with E-state index in [-0.39, 0.29) is 0 Å². The molecule has 1 fully saturated rings. The molecular formula is C14H24N4O2. The van der Waals surface area contributed by atoms with E-state index in [0.29, 0.717) is 23.8 Å². The molecule has 1 saturated heterocycles. The molecule has 20 heavy (non-hydrogen) atoms. The number of anilines is 1. The molecule has 1 aromatic rings. The van der Waals surface area contributed by atoms with Crippen LogP contribution in [0, 0.1) is 0 Å². The first-order valence-corrected chi connectivity index (χ1v) is 7.21. The Balaban J connectivity index is 1.98. The van der Waals surface area contributed by atoms with Crippen molar-refractivity contribution in [1.29, 1.82) is 0 Å². The number of methoxy groups -OCH3 is 2. The molecule has 0 amide bonds. The minimum Gasteiger partial charge on any atom is -0.481 e. The Kier molecular flexibility index (Phi) is 5.40. The zero-order valence-corrected chi connectivity index (χ0v) is 12.6. The number of aromatic nitrogens is 2. The number of rotatable bonds is 6. The van der Waals surface area contributed by atoms with Gasteiger partial charge in [-0.1, -0.05) is 13.3 Å². The number of piperidine rings is 1. The van der Waals surface area contributed by atoms with Crippen molar-refractivity contribution in [2.75, 3.05) is 39.2 Å². The van der Waals surface area contributed by atoms with Crippen LogP contribution in [0.15, 0.2) is 6.07 Å². The Labute approximate surface area is 120 Å². The highest BCUT2D eigenvalue weighted by Crippen LogP contribution is 2.19. The normalized spacial score (nSPS) is 19.6. The van der Waals surface area contributed by atoms with E-state index in [1.54, 1.807) is 20.3 Å². The highest BCUT2D eigenvalue weighted by Gasteiger charge is 2.20. The third kappa shape index (κ3) is 3.72. The molecule has 6 nitrogen and oxygen atoms in total. The lowest BCUT2D eigenvalue weighted by Crippen LogP contribution is -2.43. The third-order valence-corrected chi connectivity index (χ3v) is 3.75. The minimum atomic E-state index is 0.510. The van der Waals surface area contributed by atoms with Gasteiger partial charge in [0.25, 0.3) is 0 Å². The van der Waals surface area contributed by atoms with Gasteiger partial charge in [-0.15, -0.1) is 0 Å². The molecule has 0 aliphatic carbocycles. The quantitative estimate of drug-likeness (QED) is 0.857. The molecule has 0 radical (unpaired) electrons. The average molecular weight is 280 g/mol. The van der Waals surface area contributed by atoms with E-state index in [0.717, 1.165) is 13.1 Å². The summed E-state index contributed by atoms with van der Waals surface area (Å²) >= 11 is 0. The maximum absolute atomic E-state index is 5.15. The van der Waals surface area contributed by atoms with Crippen LogP contribution in [0.5, 0.6) is 11.8 Å². The Hall–Kier alpha value is -1.56. The van der Waals surface area contributed by atoms with Crippen LogP contribution in [0.1, 0.15) is 26.2 Å². The number of ether oxygens (including phenoxy) is 2. The van der Waals surface area contributed by atoms with Gasteiger partial charge in [-0.3, -0.25) is 4.90 Å². The average Bonchev–Trinajstić information content (AvgIpc) is 2.52. The fourth-order valence-electron chi connectivity index (χ4n) is 2.61. The summed E-state index contributed by atoms with van der Waals surface area (Å²) in [5, 5.41) is 3.30. The summed E-state index contributed by atoms with van der Waals surface area (Å²) in [4.78, 5) is 11.1. The number of likely N-dealkylation sites (tertiary alicyclic amines) is 1. The summed E-state index contributed by atoms with van der Waals surface area (Å²) < 4.78 is 10.3. The molecule has 0 aromatic carbocycles. The second-order valence-electron chi connectivity index (χ2n) is 4.94. The molecule has 1 N–H and O–H groups in total. The van der Waals surface area contributed by atoms with E-state index in [9.17, 15) is 0 Å². The van der Waals surface area contributed by atoms with Crippen molar-refractivity contribution in [1.82, 2.24) is 14.9 Å². The largest absolute Gasteiger partial charge is 0.481 e. The first kappa shape index (κ1) is 14.8. The molecule has 112 valence electrons. The molecule has 1 aromatic heterocycles. The van der Waals surface area contributed by atoms with E-state index < -0.39 is 0 Å². The number of likely N-dealkylation sites (N-methyl/N-ethyl adjacent to an activating group) is 1. The van der Waals surface area contributed by atoms with Crippen LogP contribution < -0.4 is 14.8 Å². The van der Waals surface area contributed by atoms with E-state index in [2.05, 4.69) is 27.1 Å². The number of hydrogen-bond donors (Lipinski definition) is 1. The first-order chi connectivity index (χ1) is 9.76. The summed E-state index contributed by atoms with van der Waals surface area (Å²) in [6.45, 7) is 5.34. The molecule has 2 heterocycles. The Morgan fingerprint density at radius 1 is 1.25 bits per heavy atom. The van der Waals surface area contributed by atoms with Crippen LogP contribution in [0.4, 0.5) is 5.95 Å². The first-order valence-electron chi connectivity index (χ1n) is 7.21. The van der Waals surface area contributed by atoms with Gasteiger partial charge in [-0.25, -0.2) is 0 Å². The third-order valence-electron chi connectivity index (χ3n) is 3.75. The monoisotopic (exact) mass is 280 g/mol. The van der Waals surface area contributed by atoms with E-state index in [1.165, 1.54) is 25.8 Å². The lowest BCUT2D eigenvalue weighted by molar-refractivity contribution is 0.164. The van der Waals surface area contributed by atoms with Gasteiger partial charge in [0.2, 0.25) is 17.7 Å². The van der Waals surface area contributed by atoms with Crippen molar-refractivity contribution in [3.05, 3.63) is 6.07 Å². The van der Waals surface area contributed by atoms with Crippen LogP contribution in [0.25, 0.3) is 0 Å². The highest BCUT2D eigenvalue weighted by atomic mass is 16.5. The lowest BCUT2D eigenvalue weighted by Gasteiger charge is -2.34. The smallest absolute Gasteiger partial charge is 0.229 e. The van der Waals surface area contributed by atoms with E-state index >= 15 is 0 Å². The van der Waals surface area contributed by atoms with Gasteiger partial charge in [0.05, 0.1) is 20.3 Å². The maximum Gasteiger partial charge on any atom is 0.229 e. The van der Waals surface area contributed by atoms with Gasteiger partial charge in [0, 0.05) is 12.6 Å². The second kappa shape index (κ2) is 7.28. The topological polar surface area (TPSA) is 59.5 Å². The van der Waals surface area contributed by atoms with Gasteiger partial charge in [0.1, 0.15) is 0 Å². The summed E-state index contributed by atoms with van der Waals surface area (Å²) in [5.41, 5.74) is 0. The molecule has 0 spiro atoms. The van der Waals surface area contributed by atoms with Crippen molar-refractivity contribution >= 4 is 5.95 Å². The van der Waals surface area contributed by atoms with Crippen LogP contribution in [0.2, 0.25) is 0 Å². The lowest BCUT2D eigenvalue weighted by atomic mass is 10.0. The van der Waals surface area contributed by atoms with Crippen molar-refractivity contribution < 1.29 is 9.47 Å². The number of nitrogens with one attached hydrogen (secondary N) is 1.